The Balaban J connectivity index is 1.57. The summed E-state index contributed by atoms with van der Waals surface area (Å²) in [6.07, 6.45) is 3.87. The van der Waals surface area contributed by atoms with Crippen molar-refractivity contribution in [3.8, 4) is 0 Å². The number of fused-ring (bicyclic) bond motifs is 1. The lowest BCUT2D eigenvalue weighted by Crippen LogP contribution is -2.34. The minimum Gasteiger partial charge on any atom is -0.374 e. The molecule has 0 atom stereocenters. The lowest BCUT2D eigenvalue weighted by molar-refractivity contribution is 0.234. The van der Waals surface area contributed by atoms with Crippen LogP contribution in [0.25, 0.3) is 0 Å². The van der Waals surface area contributed by atoms with Gasteiger partial charge < -0.3 is 15.1 Å². The Hall–Kier alpha value is -1.06. The molecule has 3 nitrogen and oxygen atoms in total. The van der Waals surface area contributed by atoms with Crippen molar-refractivity contribution in [1.29, 1.82) is 0 Å². The van der Waals surface area contributed by atoms with Crippen molar-refractivity contribution in [2.24, 2.45) is 5.92 Å². The normalized spacial score (nSPS) is 19.6. The maximum Gasteiger partial charge on any atom is 0.0397 e. The molecule has 0 spiro atoms. The van der Waals surface area contributed by atoms with Crippen molar-refractivity contribution in [3.63, 3.8) is 0 Å². The first-order chi connectivity index (χ1) is 9.72. The van der Waals surface area contributed by atoms with Gasteiger partial charge in [-0.1, -0.05) is 12.1 Å². The van der Waals surface area contributed by atoms with Gasteiger partial charge in [-0.15, -0.1) is 0 Å². The lowest BCUT2D eigenvalue weighted by Gasteiger charge is -2.27. The predicted molar refractivity (Wildman–Crippen MR) is 85.3 cm³/mol. The largest absolute Gasteiger partial charge is 0.374 e. The summed E-state index contributed by atoms with van der Waals surface area (Å²) in [6, 6.07) is 7.02. The van der Waals surface area contributed by atoms with Gasteiger partial charge in [0.15, 0.2) is 0 Å². The van der Waals surface area contributed by atoms with Gasteiger partial charge in [0.25, 0.3) is 0 Å². The summed E-state index contributed by atoms with van der Waals surface area (Å²) >= 11 is 0. The molecule has 0 aromatic heterocycles. The number of hydrogen-bond donors (Lipinski definition) is 1. The predicted octanol–water partition coefficient (Wildman–Crippen LogP) is 2.11. The van der Waals surface area contributed by atoms with Crippen LogP contribution in [0.5, 0.6) is 0 Å². The van der Waals surface area contributed by atoms with Gasteiger partial charge in [-0.2, -0.15) is 0 Å². The number of likely N-dealkylation sites (N-methyl/N-ethyl adjacent to an activating group) is 1. The second-order valence-corrected chi connectivity index (χ2v) is 6.52. The second-order valence-electron chi connectivity index (χ2n) is 6.52. The molecule has 0 amide bonds. The fourth-order valence-electron chi connectivity index (χ4n) is 3.60. The van der Waals surface area contributed by atoms with Crippen molar-refractivity contribution in [3.05, 3.63) is 29.3 Å². The monoisotopic (exact) mass is 273 g/mol. The average Bonchev–Trinajstić information content (AvgIpc) is 2.81. The van der Waals surface area contributed by atoms with E-state index in [4.69, 9.17) is 0 Å². The second kappa shape index (κ2) is 6.15. The zero-order valence-electron chi connectivity index (χ0n) is 12.9. The molecule has 1 aromatic carbocycles. The van der Waals surface area contributed by atoms with E-state index in [0.717, 1.165) is 12.5 Å². The van der Waals surface area contributed by atoms with E-state index in [0.29, 0.717) is 0 Å². The lowest BCUT2D eigenvalue weighted by atomic mass is 9.97. The van der Waals surface area contributed by atoms with Crippen molar-refractivity contribution in [2.75, 3.05) is 45.2 Å². The highest BCUT2D eigenvalue weighted by atomic mass is 15.1. The molecule has 110 valence electrons. The zero-order chi connectivity index (χ0) is 13.9. The first kappa shape index (κ1) is 13.9. The Bertz CT molecular complexity index is 452. The first-order valence-corrected chi connectivity index (χ1v) is 7.94. The number of anilines is 1. The Morgan fingerprint density at radius 1 is 1.30 bits per heavy atom. The van der Waals surface area contributed by atoms with E-state index < -0.39 is 0 Å². The summed E-state index contributed by atoms with van der Waals surface area (Å²) in [5.41, 5.74) is 4.42. The quantitative estimate of drug-likeness (QED) is 0.906. The number of nitrogens with one attached hydrogen (secondary N) is 1. The van der Waals surface area contributed by atoms with Crippen LogP contribution in [0, 0.1) is 5.92 Å². The Kier molecular flexibility index (Phi) is 4.27. The summed E-state index contributed by atoms with van der Waals surface area (Å²) in [7, 11) is 4.45. The van der Waals surface area contributed by atoms with Gasteiger partial charge in [0.1, 0.15) is 0 Å². The van der Waals surface area contributed by atoms with E-state index in [9.17, 15) is 0 Å². The topological polar surface area (TPSA) is 18.5 Å². The SMILES string of the molecule is CN(Cc1ccc2c(c1)CCN2C)CC1CCNCC1. The van der Waals surface area contributed by atoms with Crippen molar-refractivity contribution >= 4 is 5.69 Å². The van der Waals surface area contributed by atoms with E-state index >= 15 is 0 Å². The smallest absolute Gasteiger partial charge is 0.0397 e. The van der Waals surface area contributed by atoms with Crippen LogP contribution in [0.2, 0.25) is 0 Å². The number of benzene rings is 1. The Morgan fingerprint density at radius 2 is 2.10 bits per heavy atom. The molecule has 0 saturated carbocycles. The van der Waals surface area contributed by atoms with E-state index in [-0.39, 0.29) is 0 Å². The molecule has 2 heterocycles. The molecule has 1 saturated heterocycles. The van der Waals surface area contributed by atoms with Gasteiger partial charge >= 0.3 is 0 Å². The molecule has 0 radical (unpaired) electrons. The number of rotatable bonds is 4. The van der Waals surface area contributed by atoms with Crippen molar-refractivity contribution in [1.82, 2.24) is 10.2 Å². The third-order valence-corrected chi connectivity index (χ3v) is 4.75. The highest BCUT2D eigenvalue weighted by molar-refractivity contribution is 5.58. The average molecular weight is 273 g/mol. The third kappa shape index (κ3) is 3.15. The molecule has 1 aromatic rings. The van der Waals surface area contributed by atoms with Crippen LogP contribution in [0.4, 0.5) is 5.69 Å². The summed E-state index contributed by atoms with van der Waals surface area (Å²) in [6.45, 7) is 5.89. The summed E-state index contributed by atoms with van der Waals surface area (Å²) in [4.78, 5) is 4.86. The molecule has 1 N–H and O–H groups in total. The van der Waals surface area contributed by atoms with E-state index in [1.54, 1.807) is 0 Å². The highest BCUT2D eigenvalue weighted by Crippen LogP contribution is 2.27. The van der Waals surface area contributed by atoms with Gasteiger partial charge in [-0.3, -0.25) is 0 Å². The zero-order valence-corrected chi connectivity index (χ0v) is 12.9. The molecule has 0 aliphatic carbocycles. The van der Waals surface area contributed by atoms with Crippen molar-refractivity contribution < 1.29 is 0 Å². The van der Waals surface area contributed by atoms with Crippen LogP contribution in [-0.2, 0) is 13.0 Å². The minimum absolute atomic E-state index is 0.877. The Labute approximate surface area is 123 Å². The number of nitrogens with zero attached hydrogens (tertiary/aromatic N) is 2. The van der Waals surface area contributed by atoms with Gasteiger partial charge in [0.2, 0.25) is 0 Å². The fraction of sp³-hybridized carbons (Fsp3) is 0.647. The fourth-order valence-corrected chi connectivity index (χ4v) is 3.60. The molecule has 20 heavy (non-hydrogen) atoms. The molecule has 1 fully saturated rings. The molecule has 0 bridgehead atoms. The molecule has 0 unspecified atom stereocenters. The van der Waals surface area contributed by atoms with Crippen LogP contribution < -0.4 is 10.2 Å². The van der Waals surface area contributed by atoms with Crippen LogP contribution in [0.3, 0.4) is 0 Å². The van der Waals surface area contributed by atoms with Gasteiger partial charge in [-0.05, 0) is 62.5 Å². The highest BCUT2D eigenvalue weighted by Gasteiger charge is 2.17. The van der Waals surface area contributed by atoms with E-state index in [1.165, 1.54) is 62.3 Å². The number of hydrogen-bond acceptors (Lipinski definition) is 3. The third-order valence-electron chi connectivity index (χ3n) is 4.75. The molecule has 2 aliphatic rings. The van der Waals surface area contributed by atoms with Crippen LogP contribution in [0.1, 0.15) is 24.0 Å². The van der Waals surface area contributed by atoms with Gasteiger partial charge in [0.05, 0.1) is 0 Å². The van der Waals surface area contributed by atoms with Gasteiger partial charge in [-0.25, -0.2) is 0 Å². The molecule has 3 heteroatoms. The first-order valence-electron chi connectivity index (χ1n) is 7.94. The van der Waals surface area contributed by atoms with Crippen molar-refractivity contribution in [2.45, 2.75) is 25.8 Å². The maximum absolute atomic E-state index is 3.45. The summed E-state index contributed by atoms with van der Waals surface area (Å²) < 4.78 is 0. The molecular weight excluding hydrogens is 246 g/mol. The standard InChI is InChI=1S/C17H27N3/c1-19(12-14-5-8-18-9-6-14)13-15-3-4-17-16(11-15)7-10-20(17)2/h3-4,11,14,18H,5-10,12-13H2,1-2H3. The number of piperidine rings is 1. The Morgan fingerprint density at radius 3 is 2.90 bits per heavy atom. The molecular formula is C17H27N3. The van der Waals surface area contributed by atoms with Gasteiger partial charge in [0, 0.05) is 32.4 Å². The van der Waals surface area contributed by atoms with Crippen LogP contribution >= 0.6 is 0 Å². The summed E-state index contributed by atoms with van der Waals surface area (Å²) in [5, 5.41) is 3.45. The molecule has 3 rings (SSSR count). The summed E-state index contributed by atoms with van der Waals surface area (Å²) in [5.74, 6) is 0.877. The maximum atomic E-state index is 3.45. The minimum atomic E-state index is 0.877. The van der Waals surface area contributed by atoms with E-state index in [2.05, 4.69) is 47.4 Å². The van der Waals surface area contributed by atoms with Crippen LogP contribution in [-0.4, -0.2) is 45.2 Å². The molecule has 2 aliphatic heterocycles. The van der Waals surface area contributed by atoms with Crippen LogP contribution in [0.15, 0.2) is 18.2 Å². The van der Waals surface area contributed by atoms with E-state index in [1.807, 2.05) is 0 Å².